The van der Waals surface area contributed by atoms with Crippen molar-refractivity contribution in [3.8, 4) is 5.75 Å². The normalized spacial score (nSPS) is 10.6. The second-order valence-electron chi connectivity index (χ2n) is 2.15. The van der Waals surface area contributed by atoms with E-state index in [1.54, 1.807) is 20.2 Å². The van der Waals surface area contributed by atoms with Gasteiger partial charge in [0.2, 0.25) is 0 Å². The van der Waals surface area contributed by atoms with Gasteiger partial charge in [0.05, 0.1) is 12.8 Å². The van der Waals surface area contributed by atoms with Crippen LogP contribution in [-0.4, -0.2) is 14.2 Å². The second kappa shape index (κ2) is 4.11. The minimum absolute atomic E-state index is 0.752. The Morgan fingerprint density at radius 1 is 1.42 bits per heavy atom. The van der Waals surface area contributed by atoms with E-state index in [4.69, 9.17) is 4.74 Å². The zero-order valence-electron chi connectivity index (χ0n) is 6.98. The van der Waals surface area contributed by atoms with Crippen LogP contribution < -0.4 is 4.74 Å². The van der Waals surface area contributed by atoms with E-state index in [1.807, 2.05) is 12.1 Å². The molecule has 0 heterocycles. The molecule has 1 rings (SSSR count). The Morgan fingerprint density at radius 3 is 2.67 bits per heavy atom. The molecule has 0 fully saturated rings. The summed E-state index contributed by atoms with van der Waals surface area (Å²) in [5, 5.41) is 7.53. The highest BCUT2D eigenvalue weighted by Crippen LogP contribution is 2.27. The summed E-state index contributed by atoms with van der Waals surface area (Å²) in [5.74, 6) is 0.773. The molecular weight excluding hydrogens is 172 g/mol. The van der Waals surface area contributed by atoms with Crippen molar-refractivity contribution in [2.75, 3.05) is 14.2 Å². The molecular formula is C8H10N2OS. The molecule has 0 saturated heterocycles. The van der Waals surface area contributed by atoms with E-state index >= 15 is 0 Å². The van der Waals surface area contributed by atoms with Gasteiger partial charge in [0.25, 0.3) is 0 Å². The number of hydrogen-bond donors (Lipinski definition) is 1. The van der Waals surface area contributed by atoms with Crippen molar-refractivity contribution in [2.24, 2.45) is 10.2 Å². The molecule has 0 unspecified atom stereocenters. The van der Waals surface area contributed by atoms with Crippen LogP contribution in [0.15, 0.2) is 33.3 Å². The largest absolute Gasteiger partial charge is 0.497 e. The van der Waals surface area contributed by atoms with E-state index in [9.17, 15) is 0 Å². The predicted octanol–water partition coefficient (Wildman–Crippen LogP) is 2.70. The second-order valence-corrected chi connectivity index (χ2v) is 2.64. The van der Waals surface area contributed by atoms with Gasteiger partial charge in [-0.1, -0.05) is 0 Å². The molecule has 0 aliphatic rings. The number of nitrogens with zero attached hydrogens (tertiary/aromatic N) is 2. The molecule has 0 atom stereocenters. The Hall–Kier alpha value is -1.03. The third kappa shape index (κ3) is 1.98. The molecule has 0 spiro atoms. The van der Waals surface area contributed by atoms with Crippen molar-refractivity contribution in [2.45, 2.75) is 4.90 Å². The monoisotopic (exact) mass is 182 g/mol. The molecule has 0 saturated carbocycles. The number of benzene rings is 1. The van der Waals surface area contributed by atoms with Gasteiger partial charge < -0.3 is 4.74 Å². The summed E-state index contributed by atoms with van der Waals surface area (Å²) in [6.45, 7) is 0. The van der Waals surface area contributed by atoms with Gasteiger partial charge in [0.1, 0.15) is 5.75 Å². The molecule has 0 N–H and O–H groups in total. The van der Waals surface area contributed by atoms with E-state index < -0.39 is 0 Å². The zero-order valence-corrected chi connectivity index (χ0v) is 7.88. The fourth-order valence-electron chi connectivity index (χ4n) is 0.823. The smallest absolute Gasteiger partial charge is 0.120 e. The summed E-state index contributed by atoms with van der Waals surface area (Å²) in [4.78, 5) is 0.764. The van der Waals surface area contributed by atoms with Crippen LogP contribution in [0.25, 0.3) is 0 Å². The van der Waals surface area contributed by atoms with Gasteiger partial charge in [-0.25, -0.2) is 0 Å². The SMILES string of the molecule is C/N=N/c1ccc(OC)cc1S. The molecule has 0 aliphatic heterocycles. The molecule has 0 aliphatic carbocycles. The van der Waals surface area contributed by atoms with E-state index in [2.05, 4.69) is 22.9 Å². The maximum Gasteiger partial charge on any atom is 0.120 e. The van der Waals surface area contributed by atoms with Crippen molar-refractivity contribution >= 4 is 18.3 Å². The Balaban J connectivity index is 3.03. The van der Waals surface area contributed by atoms with Crippen molar-refractivity contribution in [1.82, 2.24) is 0 Å². The van der Waals surface area contributed by atoms with E-state index in [1.165, 1.54) is 0 Å². The quantitative estimate of drug-likeness (QED) is 0.553. The highest BCUT2D eigenvalue weighted by atomic mass is 32.1. The standard InChI is InChI=1S/C8H10N2OS/c1-9-10-7-4-3-6(11-2)5-8(7)12/h3-5,12H,1-2H3/b10-9+. The van der Waals surface area contributed by atoms with Gasteiger partial charge in [0, 0.05) is 11.9 Å². The van der Waals surface area contributed by atoms with Crippen LogP contribution in [0, 0.1) is 0 Å². The fraction of sp³-hybridized carbons (Fsp3) is 0.250. The lowest BCUT2D eigenvalue weighted by Gasteiger charge is -2.01. The van der Waals surface area contributed by atoms with Gasteiger partial charge in [-0.15, -0.1) is 12.6 Å². The minimum Gasteiger partial charge on any atom is -0.497 e. The van der Waals surface area contributed by atoms with Crippen molar-refractivity contribution < 1.29 is 4.74 Å². The van der Waals surface area contributed by atoms with Crippen molar-refractivity contribution in [1.29, 1.82) is 0 Å². The third-order valence-corrected chi connectivity index (χ3v) is 1.75. The minimum atomic E-state index is 0.752. The summed E-state index contributed by atoms with van der Waals surface area (Å²) in [6, 6.07) is 5.44. The van der Waals surface area contributed by atoms with E-state index in [-0.39, 0.29) is 0 Å². The topological polar surface area (TPSA) is 34.0 Å². The third-order valence-electron chi connectivity index (χ3n) is 1.39. The number of rotatable bonds is 2. The summed E-state index contributed by atoms with van der Waals surface area (Å²) in [6.07, 6.45) is 0. The molecule has 3 nitrogen and oxygen atoms in total. The lowest BCUT2D eigenvalue weighted by Crippen LogP contribution is -1.81. The maximum atomic E-state index is 5.01. The molecule has 64 valence electrons. The summed E-state index contributed by atoms with van der Waals surface area (Å²) in [7, 11) is 3.24. The van der Waals surface area contributed by atoms with Crippen LogP contribution in [0.2, 0.25) is 0 Å². The number of hydrogen-bond acceptors (Lipinski definition) is 4. The van der Waals surface area contributed by atoms with Crippen LogP contribution in [0.3, 0.4) is 0 Å². The van der Waals surface area contributed by atoms with Crippen molar-refractivity contribution in [3.05, 3.63) is 18.2 Å². The van der Waals surface area contributed by atoms with E-state index in [0.717, 1.165) is 16.3 Å². The molecule has 0 radical (unpaired) electrons. The molecule has 0 amide bonds. The maximum absolute atomic E-state index is 5.01. The van der Waals surface area contributed by atoms with Gasteiger partial charge in [-0.3, -0.25) is 0 Å². The lowest BCUT2D eigenvalue weighted by atomic mass is 10.3. The fourth-order valence-corrected chi connectivity index (χ4v) is 1.07. The van der Waals surface area contributed by atoms with Crippen LogP contribution in [-0.2, 0) is 0 Å². The molecule has 4 heteroatoms. The van der Waals surface area contributed by atoms with Crippen molar-refractivity contribution in [3.63, 3.8) is 0 Å². The predicted molar refractivity (Wildman–Crippen MR) is 50.7 cm³/mol. The van der Waals surface area contributed by atoms with Gasteiger partial charge in [-0.2, -0.15) is 10.2 Å². The molecule has 0 bridgehead atoms. The van der Waals surface area contributed by atoms with Crippen LogP contribution in [0.5, 0.6) is 5.75 Å². The molecule has 12 heavy (non-hydrogen) atoms. The van der Waals surface area contributed by atoms with Crippen LogP contribution in [0.1, 0.15) is 0 Å². The first-order valence-corrected chi connectivity index (χ1v) is 3.89. The number of methoxy groups -OCH3 is 1. The van der Waals surface area contributed by atoms with Gasteiger partial charge in [-0.05, 0) is 18.2 Å². The first-order valence-electron chi connectivity index (χ1n) is 3.44. The zero-order chi connectivity index (χ0) is 8.97. The first-order chi connectivity index (χ1) is 5.77. The number of thiol groups is 1. The summed E-state index contributed by atoms with van der Waals surface area (Å²) < 4.78 is 5.01. The molecule has 1 aromatic rings. The Bertz CT molecular complexity index is 299. The average molecular weight is 182 g/mol. The summed E-state index contributed by atoms with van der Waals surface area (Å²) in [5.41, 5.74) is 0.752. The van der Waals surface area contributed by atoms with Gasteiger partial charge in [0.15, 0.2) is 0 Å². The molecule has 1 aromatic carbocycles. The average Bonchev–Trinajstić information content (AvgIpc) is 2.09. The Kier molecular flexibility index (Phi) is 3.10. The highest BCUT2D eigenvalue weighted by Gasteiger charge is 1.98. The number of azo groups is 1. The van der Waals surface area contributed by atoms with Gasteiger partial charge >= 0.3 is 0 Å². The summed E-state index contributed by atoms with van der Waals surface area (Å²) >= 11 is 4.22. The number of ether oxygens (including phenoxy) is 1. The lowest BCUT2D eigenvalue weighted by molar-refractivity contribution is 0.414. The first kappa shape index (κ1) is 9.06. The van der Waals surface area contributed by atoms with Crippen LogP contribution in [0.4, 0.5) is 5.69 Å². The van der Waals surface area contributed by atoms with Crippen LogP contribution >= 0.6 is 12.6 Å². The van der Waals surface area contributed by atoms with E-state index in [0.29, 0.717) is 0 Å². The Labute approximate surface area is 76.9 Å². The Morgan fingerprint density at radius 2 is 2.17 bits per heavy atom. The highest BCUT2D eigenvalue weighted by molar-refractivity contribution is 7.80. The molecule has 0 aromatic heterocycles.